The molecule has 1 aromatic heterocycles. The summed E-state index contributed by atoms with van der Waals surface area (Å²) in [6, 6.07) is 2.79. The van der Waals surface area contributed by atoms with Crippen LogP contribution in [0.4, 0.5) is 0 Å². The monoisotopic (exact) mass is 238 g/mol. The molecule has 0 saturated carbocycles. The fraction of sp³-hybridized carbons (Fsp3) is 0.500. The zero-order valence-electron chi connectivity index (χ0n) is 10.1. The number of aromatic nitrogens is 1. The second kappa shape index (κ2) is 5.63. The van der Waals surface area contributed by atoms with E-state index < -0.39 is 5.54 Å². The third-order valence-corrected chi connectivity index (χ3v) is 2.91. The summed E-state index contributed by atoms with van der Waals surface area (Å²) in [5, 5.41) is 11.8. The van der Waals surface area contributed by atoms with Crippen molar-refractivity contribution in [2.75, 3.05) is 6.61 Å². The predicted octanol–water partition coefficient (Wildman–Crippen LogP) is 0.656. The molecule has 0 aromatic carbocycles. The van der Waals surface area contributed by atoms with Crippen LogP contribution in [0.2, 0.25) is 0 Å². The topological polar surface area (TPSA) is 82.2 Å². The molecule has 94 valence electrons. The smallest absolute Gasteiger partial charge is 0.253 e. The maximum Gasteiger partial charge on any atom is 0.253 e. The molecule has 1 heterocycles. The van der Waals surface area contributed by atoms with Crippen LogP contribution in [0.15, 0.2) is 23.1 Å². The molecule has 1 aromatic rings. The molecule has 0 saturated heterocycles. The molecule has 1 atom stereocenters. The Labute approximate surface area is 99.9 Å². The van der Waals surface area contributed by atoms with Gasteiger partial charge in [-0.3, -0.25) is 9.59 Å². The van der Waals surface area contributed by atoms with E-state index in [0.29, 0.717) is 12.0 Å². The minimum Gasteiger partial charge on any atom is -0.396 e. The van der Waals surface area contributed by atoms with Crippen molar-refractivity contribution in [3.05, 3.63) is 34.2 Å². The van der Waals surface area contributed by atoms with Crippen molar-refractivity contribution in [1.29, 1.82) is 0 Å². The Morgan fingerprint density at radius 3 is 2.71 bits per heavy atom. The summed E-state index contributed by atoms with van der Waals surface area (Å²) < 4.78 is 0. The van der Waals surface area contributed by atoms with Crippen molar-refractivity contribution >= 4 is 5.91 Å². The highest BCUT2D eigenvalue weighted by Gasteiger charge is 2.24. The predicted molar refractivity (Wildman–Crippen MR) is 64.9 cm³/mol. The first-order valence-corrected chi connectivity index (χ1v) is 5.63. The highest BCUT2D eigenvalue weighted by molar-refractivity contribution is 5.94. The number of aliphatic hydroxyl groups is 1. The van der Waals surface area contributed by atoms with Crippen LogP contribution >= 0.6 is 0 Å². The molecule has 0 aliphatic rings. The fourth-order valence-electron chi connectivity index (χ4n) is 1.47. The van der Waals surface area contributed by atoms with Gasteiger partial charge in [-0.15, -0.1) is 0 Å². The second-order valence-corrected chi connectivity index (χ2v) is 4.28. The molecule has 17 heavy (non-hydrogen) atoms. The van der Waals surface area contributed by atoms with Gasteiger partial charge in [-0.25, -0.2) is 0 Å². The highest BCUT2D eigenvalue weighted by Crippen LogP contribution is 2.14. The van der Waals surface area contributed by atoms with Crippen molar-refractivity contribution in [3.63, 3.8) is 0 Å². The molecule has 0 aliphatic carbocycles. The van der Waals surface area contributed by atoms with Gasteiger partial charge in [0.15, 0.2) is 0 Å². The summed E-state index contributed by atoms with van der Waals surface area (Å²) in [5.74, 6) is -0.251. The minimum absolute atomic E-state index is 0.0241. The first-order chi connectivity index (χ1) is 8.00. The van der Waals surface area contributed by atoms with Crippen LogP contribution < -0.4 is 10.9 Å². The molecule has 0 spiro atoms. The van der Waals surface area contributed by atoms with E-state index in [2.05, 4.69) is 10.3 Å². The molecule has 3 N–H and O–H groups in total. The average Bonchev–Trinajstić information content (AvgIpc) is 2.30. The van der Waals surface area contributed by atoms with Gasteiger partial charge in [0, 0.05) is 24.4 Å². The Morgan fingerprint density at radius 1 is 1.53 bits per heavy atom. The summed E-state index contributed by atoms with van der Waals surface area (Å²) in [6.07, 6.45) is 2.61. The van der Waals surface area contributed by atoms with E-state index >= 15 is 0 Å². The van der Waals surface area contributed by atoms with Crippen LogP contribution in [0.25, 0.3) is 0 Å². The van der Waals surface area contributed by atoms with E-state index in [-0.39, 0.29) is 18.1 Å². The van der Waals surface area contributed by atoms with E-state index in [0.717, 1.165) is 6.42 Å². The van der Waals surface area contributed by atoms with Gasteiger partial charge in [-0.05, 0) is 25.8 Å². The lowest BCUT2D eigenvalue weighted by atomic mass is 9.94. The van der Waals surface area contributed by atoms with Crippen molar-refractivity contribution < 1.29 is 9.90 Å². The van der Waals surface area contributed by atoms with Gasteiger partial charge in [0.25, 0.3) is 5.91 Å². The zero-order valence-corrected chi connectivity index (χ0v) is 10.1. The number of hydrogen-bond acceptors (Lipinski definition) is 3. The van der Waals surface area contributed by atoms with Crippen LogP contribution in [0.5, 0.6) is 0 Å². The number of aliphatic hydroxyl groups excluding tert-OH is 1. The normalized spacial score (nSPS) is 14.1. The second-order valence-electron chi connectivity index (χ2n) is 4.28. The SMILES string of the molecule is CCC(C)(CCO)NC(=O)c1ccc(=O)[nH]c1. The van der Waals surface area contributed by atoms with Crippen molar-refractivity contribution in [2.45, 2.75) is 32.2 Å². The Balaban J connectivity index is 2.77. The Kier molecular flexibility index (Phi) is 4.45. The van der Waals surface area contributed by atoms with Crippen LogP contribution in [-0.4, -0.2) is 28.1 Å². The van der Waals surface area contributed by atoms with Crippen molar-refractivity contribution in [2.24, 2.45) is 0 Å². The molecular weight excluding hydrogens is 220 g/mol. The summed E-state index contributed by atoms with van der Waals surface area (Å²) in [7, 11) is 0. The molecule has 0 aliphatic heterocycles. The zero-order chi connectivity index (χ0) is 12.9. The van der Waals surface area contributed by atoms with Crippen LogP contribution in [0, 0.1) is 0 Å². The van der Waals surface area contributed by atoms with Crippen molar-refractivity contribution in [1.82, 2.24) is 10.3 Å². The average molecular weight is 238 g/mol. The Bertz CT molecular complexity index is 421. The first-order valence-electron chi connectivity index (χ1n) is 5.63. The summed E-state index contributed by atoms with van der Waals surface area (Å²) in [6.45, 7) is 3.85. The number of H-pyrrole nitrogens is 1. The number of carbonyl (C=O) groups is 1. The largest absolute Gasteiger partial charge is 0.396 e. The molecule has 0 bridgehead atoms. The minimum atomic E-state index is -0.429. The van der Waals surface area contributed by atoms with Crippen LogP contribution in [0.1, 0.15) is 37.0 Å². The summed E-state index contributed by atoms with van der Waals surface area (Å²) in [4.78, 5) is 25.2. The Morgan fingerprint density at radius 2 is 2.24 bits per heavy atom. The Hall–Kier alpha value is -1.62. The van der Waals surface area contributed by atoms with Crippen molar-refractivity contribution in [3.8, 4) is 0 Å². The van der Waals surface area contributed by atoms with Gasteiger partial charge < -0.3 is 15.4 Å². The summed E-state index contributed by atoms with van der Waals surface area (Å²) >= 11 is 0. The first kappa shape index (κ1) is 13.4. The van der Waals surface area contributed by atoms with E-state index in [4.69, 9.17) is 5.11 Å². The summed E-state index contributed by atoms with van der Waals surface area (Å²) in [5.41, 5.74) is -0.264. The van der Waals surface area contributed by atoms with Gasteiger partial charge in [0.2, 0.25) is 5.56 Å². The number of carbonyl (C=O) groups excluding carboxylic acids is 1. The molecule has 5 nitrogen and oxygen atoms in total. The molecule has 5 heteroatoms. The lowest BCUT2D eigenvalue weighted by molar-refractivity contribution is 0.0886. The number of nitrogens with one attached hydrogen (secondary N) is 2. The van der Waals surface area contributed by atoms with Crippen LogP contribution in [-0.2, 0) is 0 Å². The third kappa shape index (κ3) is 3.71. The number of hydrogen-bond donors (Lipinski definition) is 3. The lowest BCUT2D eigenvalue weighted by Gasteiger charge is -2.28. The number of aromatic amines is 1. The number of rotatable bonds is 5. The third-order valence-electron chi connectivity index (χ3n) is 2.91. The maximum absolute atomic E-state index is 11.9. The lowest BCUT2D eigenvalue weighted by Crippen LogP contribution is -2.46. The van der Waals surface area contributed by atoms with Gasteiger partial charge in [-0.1, -0.05) is 6.92 Å². The standard InChI is InChI=1S/C12H18N2O3/c1-3-12(2,6-7-15)14-11(17)9-4-5-10(16)13-8-9/h4-5,8,15H,3,6-7H2,1-2H3,(H,13,16)(H,14,17). The number of amides is 1. The van der Waals surface area contributed by atoms with E-state index in [9.17, 15) is 9.59 Å². The van der Waals surface area contributed by atoms with Gasteiger partial charge in [0.05, 0.1) is 5.56 Å². The molecule has 1 rings (SSSR count). The maximum atomic E-state index is 11.9. The molecule has 0 fully saturated rings. The molecule has 1 amide bonds. The molecule has 1 unspecified atom stereocenters. The quantitative estimate of drug-likeness (QED) is 0.704. The highest BCUT2D eigenvalue weighted by atomic mass is 16.3. The van der Waals surface area contributed by atoms with E-state index in [1.807, 2.05) is 13.8 Å². The fourth-order valence-corrected chi connectivity index (χ4v) is 1.47. The van der Waals surface area contributed by atoms with Crippen LogP contribution in [0.3, 0.4) is 0 Å². The van der Waals surface area contributed by atoms with Gasteiger partial charge in [0.1, 0.15) is 0 Å². The molecular formula is C12H18N2O3. The van der Waals surface area contributed by atoms with E-state index in [1.54, 1.807) is 0 Å². The molecule has 0 radical (unpaired) electrons. The van der Waals surface area contributed by atoms with Gasteiger partial charge in [-0.2, -0.15) is 0 Å². The number of pyridine rings is 1. The van der Waals surface area contributed by atoms with Gasteiger partial charge >= 0.3 is 0 Å². The van der Waals surface area contributed by atoms with E-state index in [1.165, 1.54) is 18.3 Å².